The van der Waals surface area contributed by atoms with Gasteiger partial charge in [0.15, 0.2) is 5.75 Å². The van der Waals surface area contributed by atoms with Crippen LogP contribution in [-0.2, 0) is 9.59 Å². The lowest BCUT2D eigenvalue weighted by Gasteiger charge is -2.32. The summed E-state index contributed by atoms with van der Waals surface area (Å²) >= 11 is 0. The van der Waals surface area contributed by atoms with Crippen molar-refractivity contribution in [1.29, 1.82) is 0 Å². The summed E-state index contributed by atoms with van der Waals surface area (Å²) in [4.78, 5) is 37.3. The number of nitro groups is 1. The van der Waals surface area contributed by atoms with Crippen LogP contribution >= 0.6 is 0 Å². The molecule has 1 aliphatic rings. The summed E-state index contributed by atoms with van der Waals surface area (Å²) in [6.45, 7) is 0.867. The quantitative estimate of drug-likeness (QED) is 0.315. The van der Waals surface area contributed by atoms with Gasteiger partial charge in [0.05, 0.1) is 4.92 Å². The van der Waals surface area contributed by atoms with Gasteiger partial charge in [0.1, 0.15) is 12.5 Å². The molecule has 0 aliphatic carbocycles. The molecule has 1 fully saturated rings. The first-order valence-corrected chi connectivity index (χ1v) is 11.1. The van der Waals surface area contributed by atoms with Gasteiger partial charge in [0.2, 0.25) is 11.8 Å². The molecular formula is C26H25N3O5. The molecule has 2 amide bonds. The van der Waals surface area contributed by atoms with E-state index in [2.05, 4.69) is 5.32 Å². The van der Waals surface area contributed by atoms with Gasteiger partial charge in [-0.1, -0.05) is 54.6 Å². The maximum Gasteiger partial charge on any atom is 0.310 e. The van der Waals surface area contributed by atoms with Crippen molar-refractivity contribution in [2.45, 2.75) is 25.4 Å². The fraction of sp³-hybridized carbons (Fsp3) is 0.231. The molecule has 1 heterocycles. The smallest absolute Gasteiger partial charge is 0.310 e. The third kappa shape index (κ3) is 5.78. The summed E-state index contributed by atoms with van der Waals surface area (Å²) in [5.41, 5.74) is 2.69. The average Bonchev–Trinajstić information content (AvgIpc) is 2.85. The number of rotatable bonds is 7. The van der Waals surface area contributed by atoms with Crippen LogP contribution in [0.1, 0.15) is 19.3 Å². The molecule has 0 unspecified atom stereocenters. The molecule has 0 saturated carbocycles. The number of piperidine rings is 1. The van der Waals surface area contributed by atoms with Crippen LogP contribution in [0.4, 0.5) is 11.4 Å². The fourth-order valence-electron chi connectivity index (χ4n) is 3.94. The molecule has 8 nitrogen and oxygen atoms in total. The Bertz CT molecular complexity index is 1160. The molecule has 0 spiro atoms. The number of anilines is 1. The second kappa shape index (κ2) is 10.6. The number of hydrogen-bond acceptors (Lipinski definition) is 5. The normalized spacial score (nSPS) is 13.8. The minimum atomic E-state index is -0.470. The maximum atomic E-state index is 12.6. The summed E-state index contributed by atoms with van der Waals surface area (Å²) < 4.78 is 5.82. The zero-order valence-electron chi connectivity index (χ0n) is 18.6. The first kappa shape index (κ1) is 23.0. The van der Waals surface area contributed by atoms with E-state index in [0.717, 1.165) is 11.1 Å². The third-order valence-electron chi connectivity index (χ3n) is 5.74. The molecule has 3 aromatic rings. The molecule has 0 atom stereocenters. The van der Waals surface area contributed by atoms with Crippen molar-refractivity contribution in [2.24, 2.45) is 0 Å². The Labute approximate surface area is 197 Å². The molecule has 174 valence electrons. The standard InChI is InChI=1S/C26H25N3O5/c30-25(27-21-12-10-20(11-13-21)19-6-2-1-3-7-19)18-26(31)28-16-14-22(15-17-28)34-24-9-5-4-8-23(24)29(32)33/h1-13,22H,14-18H2,(H,27,30). The maximum absolute atomic E-state index is 12.6. The van der Waals surface area contributed by atoms with E-state index >= 15 is 0 Å². The minimum Gasteiger partial charge on any atom is -0.483 e. The SMILES string of the molecule is O=C(CC(=O)N1CCC(Oc2ccccc2[N+](=O)[O-])CC1)Nc1ccc(-c2ccccc2)cc1. The molecule has 0 aromatic heterocycles. The number of carbonyl (C=O) groups is 2. The predicted molar refractivity (Wildman–Crippen MR) is 128 cm³/mol. The molecule has 1 saturated heterocycles. The van der Waals surface area contributed by atoms with Crippen molar-refractivity contribution in [2.75, 3.05) is 18.4 Å². The zero-order valence-corrected chi connectivity index (χ0v) is 18.6. The van der Waals surface area contributed by atoms with Gasteiger partial charge in [-0.25, -0.2) is 0 Å². The zero-order chi connectivity index (χ0) is 23.9. The third-order valence-corrected chi connectivity index (χ3v) is 5.74. The lowest BCUT2D eigenvalue weighted by Crippen LogP contribution is -2.42. The van der Waals surface area contributed by atoms with Crippen LogP contribution in [0, 0.1) is 10.1 Å². The van der Waals surface area contributed by atoms with Gasteiger partial charge in [-0.2, -0.15) is 0 Å². The van der Waals surface area contributed by atoms with E-state index in [4.69, 9.17) is 4.74 Å². The highest BCUT2D eigenvalue weighted by Gasteiger charge is 2.27. The van der Waals surface area contributed by atoms with Crippen molar-refractivity contribution in [3.63, 3.8) is 0 Å². The lowest BCUT2D eigenvalue weighted by atomic mass is 10.1. The second-order valence-electron chi connectivity index (χ2n) is 8.09. The lowest BCUT2D eigenvalue weighted by molar-refractivity contribution is -0.386. The number of nitro benzene ring substituents is 1. The molecule has 1 aliphatic heterocycles. The van der Waals surface area contributed by atoms with E-state index in [9.17, 15) is 19.7 Å². The molecule has 34 heavy (non-hydrogen) atoms. The Kier molecular flexibility index (Phi) is 7.17. The van der Waals surface area contributed by atoms with Gasteiger partial charge in [-0.05, 0) is 29.3 Å². The Hall–Kier alpha value is -4.20. The van der Waals surface area contributed by atoms with Crippen LogP contribution in [0.15, 0.2) is 78.9 Å². The molecule has 8 heteroatoms. The summed E-state index contributed by atoms with van der Waals surface area (Å²) in [5, 5.41) is 13.9. The highest BCUT2D eigenvalue weighted by Crippen LogP contribution is 2.29. The summed E-state index contributed by atoms with van der Waals surface area (Å²) in [5.74, 6) is -0.381. The van der Waals surface area contributed by atoms with E-state index in [1.165, 1.54) is 6.07 Å². The molecule has 0 radical (unpaired) electrons. The molecule has 4 rings (SSSR count). The highest BCUT2D eigenvalue weighted by atomic mass is 16.6. The number of para-hydroxylation sites is 2. The van der Waals surface area contributed by atoms with Gasteiger partial charge in [-0.15, -0.1) is 0 Å². The van der Waals surface area contributed by atoms with Crippen molar-refractivity contribution in [1.82, 2.24) is 4.90 Å². The number of hydrogen-bond donors (Lipinski definition) is 1. The van der Waals surface area contributed by atoms with Crippen LogP contribution in [0.2, 0.25) is 0 Å². The highest BCUT2D eigenvalue weighted by molar-refractivity contribution is 6.03. The van der Waals surface area contributed by atoms with Crippen LogP contribution in [-0.4, -0.2) is 40.8 Å². The number of nitrogens with one attached hydrogen (secondary N) is 1. The van der Waals surface area contributed by atoms with Crippen molar-refractivity contribution >= 4 is 23.2 Å². The Morgan fingerprint density at radius 1 is 0.912 bits per heavy atom. The van der Waals surface area contributed by atoms with Gasteiger partial charge < -0.3 is 15.0 Å². The summed E-state index contributed by atoms with van der Waals surface area (Å²) in [7, 11) is 0. The molecule has 0 bridgehead atoms. The van der Waals surface area contributed by atoms with E-state index in [-0.39, 0.29) is 35.8 Å². The Balaban J connectivity index is 1.25. The monoisotopic (exact) mass is 459 g/mol. The van der Waals surface area contributed by atoms with Crippen molar-refractivity contribution < 1.29 is 19.2 Å². The number of benzene rings is 3. The van der Waals surface area contributed by atoms with E-state index in [1.807, 2.05) is 54.6 Å². The van der Waals surface area contributed by atoms with Crippen LogP contribution in [0.25, 0.3) is 11.1 Å². The molecule has 1 N–H and O–H groups in total. The predicted octanol–water partition coefficient (Wildman–Crippen LogP) is 4.66. The number of carbonyl (C=O) groups excluding carboxylic acids is 2. The average molecular weight is 460 g/mol. The van der Waals surface area contributed by atoms with E-state index in [1.54, 1.807) is 23.1 Å². The Morgan fingerprint density at radius 3 is 2.21 bits per heavy atom. The van der Waals surface area contributed by atoms with Crippen LogP contribution in [0.3, 0.4) is 0 Å². The van der Waals surface area contributed by atoms with Crippen LogP contribution in [0.5, 0.6) is 5.75 Å². The largest absolute Gasteiger partial charge is 0.483 e. The number of ether oxygens (including phenoxy) is 1. The van der Waals surface area contributed by atoms with Crippen molar-refractivity contribution in [3.8, 4) is 16.9 Å². The topological polar surface area (TPSA) is 102 Å². The first-order chi connectivity index (χ1) is 16.5. The van der Waals surface area contributed by atoms with Crippen LogP contribution < -0.4 is 10.1 Å². The first-order valence-electron chi connectivity index (χ1n) is 11.1. The fourth-order valence-corrected chi connectivity index (χ4v) is 3.94. The number of likely N-dealkylation sites (tertiary alicyclic amines) is 1. The van der Waals surface area contributed by atoms with E-state index < -0.39 is 4.92 Å². The van der Waals surface area contributed by atoms with Gasteiger partial charge in [0.25, 0.3) is 0 Å². The number of nitrogens with zero attached hydrogens (tertiary/aromatic N) is 2. The number of amides is 2. The second-order valence-corrected chi connectivity index (χ2v) is 8.09. The Morgan fingerprint density at radius 2 is 1.53 bits per heavy atom. The van der Waals surface area contributed by atoms with Gasteiger partial charge >= 0.3 is 5.69 Å². The minimum absolute atomic E-state index is 0.0746. The van der Waals surface area contributed by atoms with E-state index in [0.29, 0.717) is 31.6 Å². The van der Waals surface area contributed by atoms with Gasteiger partial charge in [-0.3, -0.25) is 19.7 Å². The molecule has 3 aromatic carbocycles. The molecular weight excluding hydrogens is 434 g/mol. The van der Waals surface area contributed by atoms with Gasteiger partial charge in [0, 0.05) is 37.7 Å². The van der Waals surface area contributed by atoms with Crippen molar-refractivity contribution in [3.05, 3.63) is 89.0 Å². The summed E-state index contributed by atoms with van der Waals surface area (Å²) in [6.07, 6.45) is 0.624. The summed E-state index contributed by atoms with van der Waals surface area (Å²) in [6, 6.07) is 23.7.